The number of aromatic amines is 1. The molecule has 0 atom stereocenters. The normalized spacial score (nSPS) is 11.7. The van der Waals surface area contributed by atoms with Gasteiger partial charge >= 0.3 is 0 Å². The Morgan fingerprint density at radius 1 is 1.50 bits per heavy atom. The predicted octanol–water partition coefficient (Wildman–Crippen LogP) is 0.776. The average molecular weight is 288 g/mol. The summed E-state index contributed by atoms with van der Waals surface area (Å²) in [5.74, 6) is 0. The molecule has 0 fully saturated rings. The van der Waals surface area contributed by atoms with Crippen LogP contribution in [0.3, 0.4) is 0 Å². The number of aliphatic hydroxyl groups excluding tert-OH is 1. The van der Waals surface area contributed by atoms with Crippen LogP contribution in [0.2, 0.25) is 0 Å². The summed E-state index contributed by atoms with van der Waals surface area (Å²) in [6, 6.07) is 0. The number of aromatic nitrogens is 3. The van der Waals surface area contributed by atoms with Crippen LogP contribution >= 0.6 is 11.3 Å². The fourth-order valence-corrected chi connectivity index (χ4v) is 3.77. The molecule has 0 saturated heterocycles. The van der Waals surface area contributed by atoms with Crippen molar-refractivity contribution >= 4 is 26.5 Å². The third-order valence-electron chi connectivity index (χ3n) is 2.22. The molecular weight excluding hydrogens is 276 g/mol. The Labute approximate surface area is 108 Å². The van der Waals surface area contributed by atoms with E-state index in [1.165, 1.54) is 11.3 Å². The highest BCUT2D eigenvalue weighted by Gasteiger charge is 2.24. The molecule has 0 saturated carbocycles. The molecule has 3 N–H and O–H groups in total. The zero-order valence-electron chi connectivity index (χ0n) is 9.76. The van der Waals surface area contributed by atoms with Gasteiger partial charge in [0.1, 0.15) is 10.6 Å². The summed E-state index contributed by atoms with van der Waals surface area (Å²) in [5, 5.41) is 15.6. The largest absolute Gasteiger partial charge is 0.390 e. The van der Waals surface area contributed by atoms with Gasteiger partial charge in [-0.25, -0.2) is 13.4 Å². The van der Waals surface area contributed by atoms with Crippen LogP contribution in [0.1, 0.15) is 16.3 Å². The maximum atomic E-state index is 12.2. The Morgan fingerprint density at radius 3 is 2.78 bits per heavy atom. The summed E-state index contributed by atoms with van der Waals surface area (Å²) in [7, 11) is -3.79. The number of rotatable bonds is 4. The number of hydrogen-bond acceptors (Lipinski definition) is 6. The van der Waals surface area contributed by atoms with Crippen molar-refractivity contribution in [3.8, 4) is 0 Å². The van der Waals surface area contributed by atoms with Crippen LogP contribution in [0.5, 0.6) is 0 Å². The van der Waals surface area contributed by atoms with Gasteiger partial charge in [0.25, 0.3) is 10.0 Å². The smallest absolute Gasteiger partial charge is 0.267 e. The van der Waals surface area contributed by atoms with Crippen LogP contribution in [0, 0.1) is 13.8 Å². The molecule has 9 heteroatoms. The molecule has 0 bridgehead atoms. The summed E-state index contributed by atoms with van der Waals surface area (Å²) < 4.78 is 26.7. The minimum Gasteiger partial charge on any atom is -0.390 e. The second kappa shape index (κ2) is 4.67. The van der Waals surface area contributed by atoms with Crippen molar-refractivity contribution in [2.24, 2.45) is 0 Å². The monoisotopic (exact) mass is 288 g/mol. The predicted molar refractivity (Wildman–Crippen MR) is 66.9 cm³/mol. The van der Waals surface area contributed by atoms with Gasteiger partial charge in [-0.05, 0) is 13.8 Å². The Bertz CT molecular complexity index is 659. The van der Waals surface area contributed by atoms with Crippen LogP contribution in [0.25, 0.3) is 0 Å². The summed E-state index contributed by atoms with van der Waals surface area (Å²) in [4.78, 5) is 4.80. The zero-order chi connectivity index (χ0) is 13.3. The van der Waals surface area contributed by atoms with Gasteiger partial charge in [0.05, 0.1) is 12.3 Å². The van der Waals surface area contributed by atoms with Crippen LogP contribution in [0.4, 0.5) is 5.13 Å². The number of sulfonamides is 1. The van der Waals surface area contributed by atoms with Crippen LogP contribution in [-0.2, 0) is 16.6 Å². The summed E-state index contributed by atoms with van der Waals surface area (Å²) in [5.41, 5.74) is 0.466. The molecule has 98 valence electrons. The lowest BCUT2D eigenvalue weighted by Crippen LogP contribution is -2.15. The van der Waals surface area contributed by atoms with Crippen molar-refractivity contribution in [2.75, 3.05) is 4.72 Å². The van der Waals surface area contributed by atoms with E-state index >= 15 is 0 Å². The highest BCUT2D eigenvalue weighted by atomic mass is 32.2. The van der Waals surface area contributed by atoms with Crippen LogP contribution in [0.15, 0.2) is 11.1 Å². The minimum atomic E-state index is -3.79. The van der Waals surface area contributed by atoms with Crippen LogP contribution in [-0.4, -0.2) is 28.7 Å². The van der Waals surface area contributed by atoms with E-state index in [1.807, 2.05) is 6.92 Å². The summed E-state index contributed by atoms with van der Waals surface area (Å²) in [6.07, 6.45) is 1.58. The Morgan fingerprint density at radius 2 is 2.22 bits per heavy atom. The van der Waals surface area contributed by atoms with Crippen molar-refractivity contribution < 1.29 is 13.5 Å². The van der Waals surface area contributed by atoms with E-state index < -0.39 is 16.6 Å². The third kappa shape index (κ3) is 2.37. The quantitative estimate of drug-likeness (QED) is 0.770. The molecule has 0 aliphatic heterocycles. The van der Waals surface area contributed by atoms with E-state index in [0.717, 1.165) is 4.88 Å². The van der Waals surface area contributed by atoms with E-state index in [9.17, 15) is 8.42 Å². The molecule has 2 aromatic heterocycles. The molecule has 0 aromatic carbocycles. The number of thiazole rings is 1. The molecule has 0 spiro atoms. The first kappa shape index (κ1) is 13.0. The fourth-order valence-electron chi connectivity index (χ4n) is 1.50. The van der Waals surface area contributed by atoms with E-state index in [4.69, 9.17) is 5.11 Å². The second-order valence-electron chi connectivity index (χ2n) is 3.66. The van der Waals surface area contributed by atoms with Gasteiger partial charge in [-0.1, -0.05) is 0 Å². The highest BCUT2D eigenvalue weighted by molar-refractivity contribution is 7.93. The van der Waals surface area contributed by atoms with Gasteiger partial charge in [-0.2, -0.15) is 5.10 Å². The number of nitrogens with zero attached hydrogens (tertiary/aromatic N) is 2. The maximum Gasteiger partial charge on any atom is 0.267 e. The Kier molecular flexibility index (Phi) is 3.37. The lowest BCUT2D eigenvalue weighted by atomic mass is 10.4. The van der Waals surface area contributed by atoms with Crippen LogP contribution < -0.4 is 4.72 Å². The topological polar surface area (TPSA) is 108 Å². The average Bonchev–Trinajstić information content (AvgIpc) is 2.84. The zero-order valence-corrected chi connectivity index (χ0v) is 11.4. The number of aliphatic hydroxyl groups is 1. The van der Waals surface area contributed by atoms with E-state index in [2.05, 4.69) is 19.9 Å². The fraction of sp³-hybridized carbons (Fsp3) is 0.333. The van der Waals surface area contributed by atoms with E-state index in [-0.39, 0.29) is 15.7 Å². The molecule has 0 radical (unpaired) electrons. The van der Waals surface area contributed by atoms with Gasteiger partial charge in [-0.15, -0.1) is 11.3 Å². The van der Waals surface area contributed by atoms with Crippen molar-refractivity contribution in [1.82, 2.24) is 15.2 Å². The third-order valence-corrected chi connectivity index (χ3v) is 4.72. The molecule has 2 aromatic rings. The summed E-state index contributed by atoms with van der Waals surface area (Å²) in [6.45, 7) is 2.96. The molecule has 0 unspecified atom stereocenters. The van der Waals surface area contributed by atoms with E-state index in [0.29, 0.717) is 5.69 Å². The van der Waals surface area contributed by atoms with Crippen molar-refractivity contribution in [2.45, 2.75) is 25.3 Å². The maximum absolute atomic E-state index is 12.2. The molecular formula is C9H12N4O3S2. The molecule has 2 heterocycles. The van der Waals surface area contributed by atoms with Crippen molar-refractivity contribution in [3.05, 3.63) is 22.5 Å². The number of aryl methyl sites for hydroxylation is 2. The van der Waals surface area contributed by atoms with Crippen molar-refractivity contribution in [3.63, 3.8) is 0 Å². The van der Waals surface area contributed by atoms with Gasteiger partial charge in [0, 0.05) is 11.1 Å². The lowest BCUT2D eigenvalue weighted by molar-refractivity contribution is 0.273. The molecule has 7 nitrogen and oxygen atoms in total. The Balaban J connectivity index is 2.39. The highest BCUT2D eigenvalue weighted by Crippen LogP contribution is 2.24. The standard InChI is InChI=1S/C9H12N4O3S2/c1-5-3-10-9(17-5)13-18(15,16)8-6(2)11-12-7(8)4-14/h3,14H,4H2,1-2H3,(H,10,13)(H,11,12). The first-order chi connectivity index (χ1) is 8.44. The van der Waals surface area contributed by atoms with Gasteiger partial charge in [0.2, 0.25) is 0 Å². The van der Waals surface area contributed by atoms with Gasteiger partial charge < -0.3 is 5.11 Å². The molecule has 2 rings (SSSR count). The lowest BCUT2D eigenvalue weighted by Gasteiger charge is -2.05. The number of nitrogens with one attached hydrogen (secondary N) is 2. The first-order valence-corrected chi connectivity index (χ1v) is 7.34. The van der Waals surface area contributed by atoms with E-state index in [1.54, 1.807) is 13.1 Å². The molecule has 0 aliphatic carbocycles. The first-order valence-electron chi connectivity index (χ1n) is 5.04. The molecule has 18 heavy (non-hydrogen) atoms. The minimum absolute atomic E-state index is 0.0298. The number of hydrogen-bond donors (Lipinski definition) is 3. The van der Waals surface area contributed by atoms with Gasteiger partial charge in [0.15, 0.2) is 5.13 Å². The van der Waals surface area contributed by atoms with Gasteiger partial charge in [-0.3, -0.25) is 9.82 Å². The summed E-state index contributed by atoms with van der Waals surface area (Å²) >= 11 is 1.24. The van der Waals surface area contributed by atoms with Crippen molar-refractivity contribution in [1.29, 1.82) is 0 Å². The Hall–Kier alpha value is -1.45. The molecule has 0 amide bonds. The second-order valence-corrected chi connectivity index (χ2v) is 6.52. The SMILES string of the molecule is Cc1cnc(NS(=O)(=O)c2c(CO)n[nH]c2C)s1. The molecule has 0 aliphatic rings. The number of H-pyrrole nitrogens is 1. The number of anilines is 1.